The van der Waals surface area contributed by atoms with E-state index in [1.54, 1.807) is 10.9 Å². The number of rotatable bonds is 5. The first kappa shape index (κ1) is 16.0. The van der Waals surface area contributed by atoms with Crippen molar-refractivity contribution in [1.82, 2.24) is 20.4 Å². The number of nitrogens with zero attached hydrogens (tertiary/aromatic N) is 2. The SMILES string of the molecule is CNC(C(=O)NCC1CCCCCCC1)c1cnn(C)c1. The lowest BCUT2D eigenvalue weighted by molar-refractivity contribution is -0.123. The summed E-state index contributed by atoms with van der Waals surface area (Å²) in [5.41, 5.74) is 0.912. The molecule has 1 saturated carbocycles. The van der Waals surface area contributed by atoms with Crippen LogP contribution in [0.1, 0.15) is 56.6 Å². The zero-order valence-electron chi connectivity index (χ0n) is 13.3. The van der Waals surface area contributed by atoms with Crippen LogP contribution in [0.4, 0.5) is 0 Å². The van der Waals surface area contributed by atoms with Gasteiger partial charge < -0.3 is 10.6 Å². The van der Waals surface area contributed by atoms with Gasteiger partial charge in [0.05, 0.1) is 6.20 Å². The highest BCUT2D eigenvalue weighted by Gasteiger charge is 2.21. The van der Waals surface area contributed by atoms with Crippen molar-refractivity contribution >= 4 is 5.91 Å². The molecular formula is C16H28N4O. The van der Waals surface area contributed by atoms with E-state index >= 15 is 0 Å². The van der Waals surface area contributed by atoms with E-state index in [0.29, 0.717) is 5.92 Å². The average molecular weight is 292 g/mol. The van der Waals surface area contributed by atoms with E-state index in [-0.39, 0.29) is 11.9 Å². The third-order valence-electron chi connectivity index (χ3n) is 4.40. The van der Waals surface area contributed by atoms with Gasteiger partial charge in [0.15, 0.2) is 0 Å². The number of amides is 1. The summed E-state index contributed by atoms with van der Waals surface area (Å²) in [5, 5.41) is 10.3. The fourth-order valence-electron chi connectivity index (χ4n) is 3.13. The first-order valence-corrected chi connectivity index (χ1v) is 8.14. The Kier molecular flexibility index (Phi) is 6.23. The third-order valence-corrected chi connectivity index (χ3v) is 4.40. The van der Waals surface area contributed by atoms with Crippen molar-refractivity contribution in [3.8, 4) is 0 Å². The smallest absolute Gasteiger partial charge is 0.241 e. The molecule has 2 rings (SSSR count). The van der Waals surface area contributed by atoms with Crippen molar-refractivity contribution in [1.29, 1.82) is 0 Å². The first-order valence-electron chi connectivity index (χ1n) is 8.14. The van der Waals surface area contributed by atoms with Crippen molar-refractivity contribution in [3.63, 3.8) is 0 Å². The van der Waals surface area contributed by atoms with Gasteiger partial charge in [-0.15, -0.1) is 0 Å². The lowest BCUT2D eigenvalue weighted by Gasteiger charge is -2.21. The van der Waals surface area contributed by atoms with Crippen LogP contribution in [0.2, 0.25) is 0 Å². The summed E-state index contributed by atoms with van der Waals surface area (Å²) < 4.78 is 1.72. The Morgan fingerprint density at radius 2 is 2.00 bits per heavy atom. The highest BCUT2D eigenvalue weighted by molar-refractivity contribution is 5.83. The molecule has 2 N–H and O–H groups in total. The standard InChI is InChI=1S/C16H28N4O/c1-17-15(14-11-19-20(2)12-14)16(21)18-10-13-8-6-4-3-5-7-9-13/h11-13,15,17H,3-10H2,1-2H3,(H,18,21). The van der Waals surface area contributed by atoms with Crippen LogP contribution in [0.3, 0.4) is 0 Å². The number of hydrogen-bond donors (Lipinski definition) is 2. The number of likely N-dealkylation sites (N-methyl/N-ethyl adjacent to an activating group) is 1. The summed E-state index contributed by atoms with van der Waals surface area (Å²) in [5.74, 6) is 0.688. The summed E-state index contributed by atoms with van der Waals surface area (Å²) in [4.78, 5) is 12.4. The first-order chi connectivity index (χ1) is 10.2. The van der Waals surface area contributed by atoms with Gasteiger partial charge in [0, 0.05) is 25.4 Å². The van der Waals surface area contributed by atoms with Crippen molar-refractivity contribution in [2.45, 2.75) is 51.0 Å². The van der Waals surface area contributed by atoms with Crippen molar-refractivity contribution < 1.29 is 4.79 Å². The van der Waals surface area contributed by atoms with Crippen molar-refractivity contribution in [3.05, 3.63) is 18.0 Å². The molecule has 5 nitrogen and oxygen atoms in total. The Hall–Kier alpha value is -1.36. The van der Waals surface area contributed by atoms with E-state index < -0.39 is 0 Å². The Bertz CT molecular complexity index is 435. The summed E-state index contributed by atoms with van der Waals surface area (Å²) >= 11 is 0. The van der Waals surface area contributed by atoms with Gasteiger partial charge in [-0.3, -0.25) is 9.48 Å². The molecule has 21 heavy (non-hydrogen) atoms. The number of carbonyl (C=O) groups excluding carboxylic acids is 1. The van der Waals surface area contributed by atoms with Crippen LogP contribution in [-0.4, -0.2) is 29.3 Å². The maximum absolute atomic E-state index is 12.4. The predicted molar refractivity (Wildman–Crippen MR) is 83.8 cm³/mol. The summed E-state index contributed by atoms with van der Waals surface area (Å²) in [6, 6.07) is -0.313. The molecule has 118 valence electrons. The molecule has 5 heteroatoms. The number of aryl methyl sites for hydroxylation is 1. The summed E-state index contributed by atoms with van der Waals surface area (Å²) in [6.07, 6.45) is 12.8. The van der Waals surface area contributed by atoms with Crippen LogP contribution in [0.5, 0.6) is 0 Å². The summed E-state index contributed by atoms with van der Waals surface area (Å²) in [6.45, 7) is 0.803. The monoisotopic (exact) mass is 292 g/mol. The molecule has 1 aromatic rings. The molecule has 0 bridgehead atoms. The van der Waals surface area contributed by atoms with Gasteiger partial charge in [-0.2, -0.15) is 5.10 Å². The van der Waals surface area contributed by atoms with Crippen molar-refractivity contribution in [2.24, 2.45) is 13.0 Å². The molecule has 0 aliphatic heterocycles. The van der Waals surface area contributed by atoms with Crippen LogP contribution in [0.25, 0.3) is 0 Å². The Balaban J connectivity index is 1.84. The van der Waals surface area contributed by atoms with Gasteiger partial charge in [0.2, 0.25) is 5.91 Å². The second-order valence-corrected chi connectivity index (χ2v) is 6.13. The Labute approximate surface area is 127 Å². The molecule has 1 aliphatic carbocycles. The van der Waals surface area contributed by atoms with Gasteiger partial charge in [-0.05, 0) is 25.8 Å². The summed E-state index contributed by atoms with van der Waals surface area (Å²) in [7, 11) is 3.68. The maximum Gasteiger partial charge on any atom is 0.241 e. The average Bonchev–Trinajstić information content (AvgIpc) is 2.85. The fourth-order valence-corrected chi connectivity index (χ4v) is 3.13. The molecule has 1 atom stereocenters. The Morgan fingerprint density at radius 3 is 2.57 bits per heavy atom. The second-order valence-electron chi connectivity index (χ2n) is 6.13. The van der Waals surface area contributed by atoms with Crippen LogP contribution >= 0.6 is 0 Å². The third kappa shape index (κ3) is 4.84. The van der Waals surface area contributed by atoms with E-state index in [1.807, 2.05) is 20.3 Å². The fraction of sp³-hybridized carbons (Fsp3) is 0.750. The zero-order chi connectivity index (χ0) is 15.1. The van der Waals surface area contributed by atoms with E-state index in [2.05, 4.69) is 15.7 Å². The van der Waals surface area contributed by atoms with Gasteiger partial charge in [-0.25, -0.2) is 0 Å². The number of nitrogens with one attached hydrogen (secondary N) is 2. The van der Waals surface area contributed by atoms with E-state index in [0.717, 1.165) is 12.1 Å². The number of hydrogen-bond acceptors (Lipinski definition) is 3. The quantitative estimate of drug-likeness (QED) is 0.874. The molecule has 1 unspecified atom stereocenters. The van der Waals surface area contributed by atoms with Crippen LogP contribution in [-0.2, 0) is 11.8 Å². The Morgan fingerprint density at radius 1 is 1.33 bits per heavy atom. The van der Waals surface area contributed by atoms with E-state index in [1.165, 1.54) is 44.9 Å². The van der Waals surface area contributed by atoms with Crippen molar-refractivity contribution in [2.75, 3.05) is 13.6 Å². The molecular weight excluding hydrogens is 264 g/mol. The van der Waals surface area contributed by atoms with Gasteiger partial charge >= 0.3 is 0 Å². The maximum atomic E-state index is 12.4. The molecule has 0 aromatic carbocycles. The second kappa shape index (κ2) is 8.17. The van der Waals surface area contributed by atoms with E-state index in [9.17, 15) is 4.79 Å². The van der Waals surface area contributed by atoms with Crippen LogP contribution < -0.4 is 10.6 Å². The number of aromatic nitrogens is 2. The molecule has 0 radical (unpaired) electrons. The molecule has 1 amide bonds. The minimum Gasteiger partial charge on any atom is -0.354 e. The molecule has 0 saturated heterocycles. The normalized spacial score (nSPS) is 18.8. The lowest BCUT2D eigenvalue weighted by atomic mass is 9.91. The topological polar surface area (TPSA) is 59.0 Å². The highest BCUT2D eigenvalue weighted by Crippen LogP contribution is 2.22. The lowest BCUT2D eigenvalue weighted by Crippen LogP contribution is -2.38. The van der Waals surface area contributed by atoms with E-state index in [4.69, 9.17) is 0 Å². The largest absolute Gasteiger partial charge is 0.354 e. The van der Waals surface area contributed by atoms with Gasteiger partial charge in [-0.1, -0.05) is 32.1 Å². The van der Waals surface area contributed by atoms with Crippen LogP contribution in [0, 0.1) is 5.92 Å². The highest BCUT2D eigenvalue weighted by atomic mass is 16.2. The minimum atomic E-state index is -0.313. The van der Waals surface area contributed by atoms with Gasteiger partial charge in [0.25, 0.3) is 0 Å². The number of carbonyl (C=O) groups is 1. The predicted octanol–water partition coefficient (Wildman–Crippen LogP) is 2.16. The minimum absolute atomic E-state index is 0.0487. The van der Waals surface area contributed by atoms with Gasteiger partial charge in [0.1, 0.15) is 6.04 Å². The molecule has 1 aliphatic rings. The molecule has 1 aromatic heterocycles. The zero-order valence-corrected chi connectivity index (χ0v) is 13.3. The molecule has 1 heterocycles. The molecule has 0 spiro atoms. The molecule has 1 fully saturated rings. The van der Waals surface area contributed by atoms with Crippen LogP contribution in [0.15, 0.2) is 12.4 Å².